The molecule has 19 heavy (non-hydrogen) atoms. The third kappa shape index (κ3) is 2.35. The van der Waals surface area contributed by atoms with Crippen molar-refractivity contribution in [3.8, 4) is 0 Å². The second-order valence-electron chi connectivity index (χ2n) is 4.62. The number of carbonyl (C=O) groups is 1. The summed E-state index contributed by atoms with van der Waals surface area (Å²) in [5.41, 5.74) is 2.67. The van der Waals surface area contributed by atoms with E-state index in [1.165, 1.54) is 0 Å². The van der Waals surface area contributed by atoms with E-state index >= 15 is 0 Å². The minimum absolute atomic E-state index is 0.209. The minimum atomic E-state index is -0.404. The largest absolute Gasteiger partial charge is 0.387 e. The summed E-state index contributed by atoms with van der Waals surface area (Å²) in [4.78, 5) is 11.2. The van der Waals surface area contributed by atoms with Gasteiger partial charge in [0.2, 0.25) is 0 Å². The zero-order chi connectivity index (χ0) is 14.0. The third-order valence-electron chi connectivity index (χ3n) is 3.72. The Balaban J connectivity index is 2.59. The van der Waals surface area contributed by atoms with Crippen molar-refractivity contribution in [2.45, 2.75) is 18.1 Å². The lowest BCUT2D eigenvalue weighted by molar-refractivity contribution is -0.109. The molecule has 1 aliphatic heterocycles. The Morgan fingerprint density at radius 1 is 1.37 bits per heavy atom. The van der Waals surface area contributed by atoms with Crippen LogP contribution in [0.2, 0.25) is 0 Å². The first-order chi connectivity index (χ1) is 9.10. The molecule has 0 aromatic heterocycles. The van der Waals surface area contributed by atoms with Gasteiger partial charge in [-0.2, -0.15) is 0 Å². The molecule has 1 aromatic carbocycles. The summed E-state index contributed by atoms with van der Waals surface area (Å²) >= 11 is 3.53. The molecule has 0 fully saturated rings. The van der Waals surface area contributed by atoms with Crippen LogP contribution in [-0.2, 0) is 10.5 Å². The van der Waals surface area contributed by atoms with Gasteiger partial charge in [-0.25, -0.2) is 0 Å². The van der Waals surface area contributed by atoms with E-state index in [0.717, 1.165) is 27.7 Å². The Labute approximate surface area is 121 Å². The van der Waals surface area contributed by atoms with Gasteiger partial charge in [0.15, 0.2) is 0 Å². The van der Waals surface area contributed by atoms with Gasteiger partial charge in [0.05, 0.1) is 11.7 Å². The van der Waals surface area contributed by atoms with Crippen molar-refractivity contribution in [1.82, 2.24) is 10.6 Å². The Bertz CT molecular complexity index is 488. The number of nitrogens with one attached hydrogen (secondary N) is 4. The van der Waals surface area contributed by atoms with Crippen molar-refractivity contribution in [2.24, 2.45) is 0 Å². The summed E-state index contributed by atoms with van der Waals surface area (Å²) in [6.07, 6.45) is 1.60. The molecular weight excluding hydrogens is 308 g/mol. The molecule has 104 valence electrons. The molecule has 0 radical (unpaired) electrons. The van der Waals surface area contributed by atoms with E-state index in [2.05, 4.69) is 43.3 Å². The second kappa shape index (κ2) is 5.48. The summed E-state index contributed by atoms with van der Waals surface area (Å²) in [5, 5.41) is 13.0. The van der Waals surface area contributed by atoms with Crippen LogP contribution in [0.25, 0.3) is 0 Å². The normalized spacial score (nSPS) is 20.3. The van der Waals surface area contributed by atoms with E-state index in [4.69, 9.17) is 0 Å². The van der Waals surface area contributed by atoms with Crippen LogP contribution in [0.3, 0.4) is 0 Å². The number of carbonyl (C=O) groups excluding carboxylic acids is 1. The number of fused-ring (bicyclic) bond motifs is 1. The molecular formula is C13H19BrN4O. The predicted octanol–water partition coefficient (Wildman–Crippen LogP) is 1.47. The quantitative estimate of drug-likeness (QED) is 0.498. The van der Waals surface area contributed by atoms with Gasteiger partial charge in [0, 0.05) is 34.9 Å². The molecule has 1 atom stereocenters. The summed E-state index contributed by atoms with van der Waals surface area (Å²) in [7, 11) is 5.68. The molecule has 0 spiro atoms. The maximum absolute atomic E-state index is 11.2. The van der Waals surface area contributed by atoms with Gasteiger partial charge in [0.25, 0.3) is 0 Å². The maximum Gasteiger partial charge on any atom is 0.142 e. The van der Waals surface area contributed by atoms with E-state index in [1.807, 2.05) is 27.2 Å². The molecule has 1 heterocycles. The Morgan fingerprint density at radius 3 is 2.58 bits per heavy atom. The van der Waals surface area contributed by atoms with Crippen molar-refractivity contribution in [3.63, 3.8) is 0 Å². The molecule has 0 bridgehead atoms. The first kappa shape index (κ1) is 14.3. The van der Waals surface area contributed by atoms with Crippen molar-refractivity contribution < 1.29 is 4.79 Å². The van der Waals surface area contributed by atoms with Gasteiger partial charge in [0.1, 0.15) is 6.29 Å². The predicted molar refractivity (Wildman–Crippen MR) is 81.6 cm³/mol. The summed E-state index contributed by atoms with van der Waals surface area (Å²) in [6.45, 7) is 0. The van der Waals surface area contributed by atoms with Gasteiger partial charge in [-0.15, -0.1) is 0 Å². The number of aldehydes is 1. The van der Waals surface area contributed by atoms with Crippen molar-refractivity contribution >= 4 is 33.6 Å². The number of benzene rings is 1. The Hall–Kier alpha value is -1.11. The van der Waals surface area contributed by atoms with Crippen LogP contribution in [0.4, 0.5) is 11.4 Å². The highest BCUT2D eigenvalue weighted by molar-refractivity contribution is 9.10. The summed E-state index contributed by atoms with van der Waals surface area (Å²) in [5.74, 6) is 0. The molecule has 1 aliphatic rings. The van der Waals surface area contributed by atoms with Gasteiger partial charge in [-0.3, -0.25) is 10.6 Å². The van der Waals surface area contributed by atoms with Gasteiger partial charge >= 0.3 is 0 Å². The van der Waals surface area contributed by atoms with E-state index in [1.54, 1.807) is 0 Å². The van der Waals surface area contributed by atoms with Crippen LogP contribution in [0, 0.1) is 0 Å². The highest BCUT2D eigenvalue weighted by Crippen LogP contribution is 2.39. The fourth-order valence-corrected chi connectivity index (χ4v) is 3.15. The Kier molecular flexibility index (Phi) is 4.13. The zero-order valence-electron chi connectivity index (χ0n) is 11.3. The van der Waals surface area contributed by atoms with E-state index < -0.39 is 5.66 Å². The van der Waals surface area contributed by atoms with Crippen molar-refractivity contribution in [3.05, 3.63) is 22.2 Å². The first-order valence-electron chi connectivity index (χ1n) is 6.21. The molecule has 2 rings (SSSR count). The van der Waals surface area contributed by atoms with E-state index in [9.17, 15) is 4.79 Å². The maximum atomic E-state index is 11.2. The fraction of sp³-hybridized carbons (Fsp3) is 0.462. The van der Waals surface area contributed by atoms with Crippen LogP contribution in [0.5, 0.6) is 0 Å². The number of halogens is 1. The van der Waals surface area contributed by atoms with Crippen LogP contribution >= 0.6 is 15.9 Å². The van der Waals surface area contributed by atoms with Gasteiger partial charge < -0.3 is 15.4 Å². The number of rotatable bonds is 4. The summed E-state index contributed by atoms with van der Waals surface area (Å²) in [6, 6.07) is 3.88. The van der Waals surface area contributed by atoms with Crippen molar-refractivity contribution in [1.29, 1.82) is 0 Å². The van der Waals surface area contributed by atoms with Crippen molar-refractivity contribution in [2.75, 3.05) is 31.8 Å². The molecule has 1 unspecified atom stereocenters. The monoisotopic (exact) mass is 326 g/mol. The van der Waals surface area contributed by atoms with Gasteiger partial charge in [-0.1, -0.05) is 0 Å². The van der Waals surface area contributed by atoms with E-state index in [-0.39, 0.29) is 6.04 Å². The molecule has 0 aliphatic carbocycles. The van der Waals surface area contributed by atoms with Crippen LogP contribution < -0.4 is 21.3 Å². The number of hydrogen-bond acceptors (Lipinski definition) is 5. The van der Waals surface area contributed by atoms with E-state index in [0.29, 0.717) is 6.42 Å². The standard InChI is InChI=1S/C13H19BrN4O/c1-15-12-4-9-11(5-10(12)14)18-8(7-19)6-13(9,16-2)17-3/h4-5,7-8,15-18H,6H2,1-3H3. The molecule has 4 N–H and O–H groups in total. The second-order valence-corrected chi connectivity index (χ2v) is 5.48. The molecule has 0 saturated heterocycles. The minimum Gasteiger partial charge on any atom is -0.387 e. The molecule has 0 saturated carbocycles. The number of anilines is 2. The number of hydrogen-bond donors (Lipinski definition) is 4. The topological polar surface area (TPSA) is 65.2 Å². The molecule has 5 nitrogen and oxygen atoms in total. The lowest BCUT2D eigenvalue weighted by Crippen LogP contribution is -2.56. The molecule has 0 amide bonds. The lowest BCUT2D eigenvalue weighted by atomic mass is 9.86. The highest BCUT2D eigenvalue weighted by atomic mass is 79.9. The summed E-state index contributed by atoms with van der Waals surface area (Å²) < 4.78 is 0.967. The third-order valence-corrected chi connectivity index (χ3v) is 4.38. The SMILES string of the molecule is CNc1cc2c(cc1Br)NC(C=O)CC2(NC)NC. The first-order valence-corrected chi connectivity index (χ1v) is 7.01. The average Bonchev–Trinajstić information content (AvgIpc) is 2.45. The van der Waals surface area contributed by atoms with Crippen LogP contribution in [0.15, 0.2) is 16.6 Å². The lowest BCUT2D eigenvalue weighted by Gasteiger charge is -2.42. The average molecular weight is 327 g/mol. The zero-order valence-corrected chi connectivity index (χ0v) is 12.9. The van der Waals surface area contributed by atoms with Crippen LogP contribution in [0.1, 0.15) is 12.0 Å². The highest BCUT2D eigenvalue weighted by Gasteiger charge is 2.38. The smallest absolute Gasteiger partial charge is 0.142 e. The van der Waals surface area contributed by atoms with Gasteiger partial charge in [-0.05, 0) is 42.2 Å². The fourth-order valence-electron chi connectivity index (χ4n) is 2.61. The Morgan fingerprint density at radius 2 is 2.05 bits per heavy atom. The van der Waals surface area contributed by atoms with Crippen LogP contribution in [-0.4, -0.2) is 33.5 Å². The molecule has 1 aromatic rings. The molecule has 6 heteroatoms.